The van der Waals surface area contributed by atoms with Gasteiger partial charge in [0.25, 0.3) is 0 Å². The fourth-order valence-electron chi connectivity index (χ4n) is 4.44. The van der Waals surface area contributed by atoms with E-state index in [1.807, 2.05) is 11.9 Å². The van der Waals surface area contributed by atoms with Crippen molar-refractivity contribution in [1.82, 2.24) is 4.31 Å². The molecule has 2 heterocycles. The molecule has 1 saturated heterocycles. The highest BCUT2D eigenvalue weighted by molar-refractivity contribution is 7.97. The molecule has 0 bridgehead atoms. The normalized spacial score (nSPS) is 21.0. The summed E-state index contributed by atoms with van der Waals surface area (Å²) in [5, 5.41) is 0. The minimum Gasteiger partial charge on any atom is -0.358 e. The van der Waals surface area contributed by atoms with Crippen molar-refractivity contribution in [3.63, 3.8) is 0 Å². The van der Waals surface area contributed by atoms with Gasteiger partial charge in [0, 0.05) is 18.0 Å². The monoisotopic (exact) mass is 387 g/mol. The molecule has 1 spiro atoms. The van der Waals surface area contributed by atoms with Gasteiger partial charge in [-0.2, -0.15) is 0 Å². The Labute approximate surface area is 171 Å². The fraction of sp³-hybridized carbons (Fsp3) is 0.280. The first-order chi connectivity index (χ1) is 13.7. The molecule has 0 N–H and O–H groups in total. The summed E-state index contributed by atoms with van der Waals surface area (Å²) in [5.41, 5.74) is 5.15. The van der Waals surface area contributed by atoms with E-state index in [4.69, 9.17) is 4.74 Å². The highest BCUT2D eigenvalue weighted by Crippen LogP contribution is 2.51. The van der Waals surface area contributed by atoms with Crippen LogP contribution in [0.25, 0.3) is 0 Å². The van der Waals surface area contributed by atoms with Crippen LogP contribution in [0, 0.1) is 6.92 Å². The molecule has 0 aliphatic carbocycles. The van der Waals surface area contributed by atoms with E-state index in [0.29, 0.717) is 0 Å². The molecule has 2 aliphatic rings. The first-order valence-corrected chi connectivity index (χ1v) is 10.8. The largest absolute Gasteiger partial charge is 0.358 e. The maximum atomic E-state index is 6.82. The van der Waals surface area contributed by atoms with E-state index in [9.17, 15) is 0 Å². The highest BCUT2D eigenvalue weighted by Gasteiger charge is 2.47. The van der Waals surface area contributed by atoms with E-state index in [1.165, 1.54) is 27.1 Å². The van der Waals surface area contributed by atoms with Gasteiger partial charge in [-0.05, 0) is 60.5 Å². The van der Waals surface area contributed by atoms with Gasteiger partial charge >= 0.3 is 0 Å². The number of piperidine rings is 1. The maximum absolute atomic E-state index is 6.82. The number of nitrogens with zero attached hydrogens (tertiary/aromatic N) is 1. The van der Waals surface area contributed by atoms with E-state index in [2.05, 4.69) is 90.1 Å². The smallest absolute Gasteiger partial charge is 0.109 e. The Bertz CT molecular complexity index is 946. The van der Waals surface area contributed by atoms with Gasteiger partial charge in [0.2, 0.25) is 0 Å². The lowest BCUT2D eigenvalue weighted by molar-refractivity contribution is -0.0876. The van der Waals surface area contributed by atoms with Crippen LogP contribution in [0.5, 0.6) is 0 Å². The third kappa shape index (κ3) is 3.28. The first-order valence-electron chi connectivity index (χ1n) is 10.1. The summed E-state index contributed by atoms with van der Waals surface area (Å²) in [6.45, 7) is 4.21. The van der Waals surface area contributed by atoms with Crippen LogP contribution in [0.15, 0.2) is 83.8 Å². The molecule has 2 nitrogen and oxygen atoms in total. The predicted molar refractivity (Wildman–Crippen MR) is 115 cm³/mol. The van der Waals surface area contributed by atoms with E-state index >= 15 is 0 Å². The molecule has 1 unspecified atom stereocenters. The zero-order valence-electron chi connectivity index (χ0n) is 16.2. The van der Waals surface area contributed by atoms with Crippen LogP contribution in [0.4, 0.5) is 0 Å². The standard InChI is InChI=1S/C25H25NOS/c1-19-11-13-21(14-12-19)28-26-17-15-25(16-18-26)23-10-6-5-9-22(23)24(27-25)20-7-3-2-4-8-20/h2-14,24H,15-18H2,1H3. The summed E-state index contributed by atoms with van der Waals surface area (Å²) in [7, 11) is 0. The molecule has 2 aliphatic heterocycles. The Morgan fingerprint density at radius 3 is 2.29 bits per heavy atom. The number of benzene rings is 3. The van der Waals surface area contributed by atoms with Crippen molar-refractivity contribution < 1.29 is 4.74 Å². The number of hydrogen-bond donors (Lipinski definition) is 0. The summed E-state index contributed by atoms with van der Waals surface area (Å²) >= 11 is 1.87. The Balaban J connectivity index is 1.36. The lowest BCUT2D eigenvalue weighted by Gasteiger charge is -2.39. The van der Waals surface area contributed by atoms with Crippen molar-refractivity contribution in [1.29, 1.82) is 0 Å². The molecular formula is C25H25NOS. The highest BCUT2D eigenvalue weighted by atomic mass is 32.2. The number of fused-ring (bicyclic) bond motifs is 2. The summed E-state index contributed by atoms with van der Waals surface area (Å²) in [4.78, 5) is 1.32. The molecule has 0 aromatic heterocycles. The van der Waals surface area contributed by atoms with Gasteiger partial charge in [0.1, 0.15) is 6.10 Å². The minimum absolute atomic E-state index is 0.0497. The van der Waals surface area contributed by atoms with E-state index in [1.54, 1.807) is 0 Å². The van der Waals surface area contributed by atoms with Gasteiger partial charge < -0.3 is 4.74 Å². The topological polar surface area (TPSA) is 12.5 Å². The van der Waals surface area contributed by atoms with Crippen molar-refractivity contribution >= 4 is 11.9 Å². The number of aryl methyl sites for hydroxylation is 1. The second-order valence-electron chi connectivity index (χ2n) is 7.82. The van der Waals surface area contributed by atoms with Crippen LogP contribution in [0.2, 0.25) is 0 Å². The molecule has 0 amide bonds. The molecule has 1 atom stereocenters. The lowest BCUT2D eigenvalue weighted by atomic mass is 9.84. The quantitative estimate of drug-likeness (QED) is 0.503. The molecule has 1 fully saturated rings. The Kier molecular flexibility index (Phi) is 4.75. The molecular weight excluding hydrogens is 362 g/mol. The van der Waals surface area contributed by atoms with Gasteiger partial charge in [-0.3, -0.25) is 0 Å². The Morgan fingerprint density at radius 1 is 0.857 bits per heavy atom. The van der Waals surface area contributed by atoms with Gasteiger partial charge in [0.05, 0.1) is 5.60 Å². The van der Waals surface area contributed by atoms with Gasteiger partial charge in [-0.25, -0.2) is 4.31 Å². The van der Waals surface area contributed by atoms with Gasteiger partial charge in [-0.15, -0.1) is 0 Å². The first kappa shape index (κ1) is 18.0. The van der Waals surface area contributed by atoms with Gasteiger partial charge in [-0.1, -0.05) is 72.3 Å². The van der Waals surface area contributed by atoms with Gasteiger partial charge in [0.15, 0.2) is 0 Å². The van der Waals surface area contributed by atoms with Crippen LogP contribution in [0.1, 0.15) is 41.2 Å². The molecule has 3 aromatic rings. The predicted octanol–water partition coefficient (Wildman–Crippen LogP) is 6.11. The molecule has 0 radical (unpaired) electrons. The van der Waals surface area contributed by atoms with Crippen LogP contribution in [-0.2, 0) is 10.3 Å². The lowest BCUT2D eigenvalue weighted by Crippen LogP contribution is -2.39. The molecule has 142 valence electrons. The average Bonchev–Trinajstić information content (AvgIpc) is 3.07. The molecule has 0 saturated carbocycles. The Hall–Kier alpha value is -2.07. The number of hydrogen-bond acceptors (Lipinski definition) is 3. The van der Waals surface area contributed by atoms with Crippen molar-refractivity contribution in [3.05, 3.63) is 101 Å². The summed E-state index contributed by atoms with van der Waals surface area (Å²) < 4.78 is 9.31. The Morgan fingerprint density at radius 2 is 1.54 bits per heavy atom. The average molecular weight is 388 g/mol. The minimum atomic E-state index is -0.151. The van der Waals surface area contributed by atoms with Crippen molar-refractivity contribution in [2.45, 2.75) is 36.4 Å². The van der Waals surface area contributed by atoms with E-state index < -0.39 is 0 Å². The molecule has 3 heteroatoms. The molecule has 28 heavy (non-hydrogen) atoms. The third-order valence-corrected chi connectivity index (χ3v) is 7.07. The summed E-state index contributed by atoms with van der Waals surface area (Å²) in [5.74, 6) is 0. The van der Waals surface area contributed by atoms with E-state index in [0.717, 1.165) is 25.9 Å². The fourth-order valence-corrected chi connectivity index (χ4v) is 5.36. The van der Waals surface area contributed by atoms with Crippen molar-refractivity contribution in [3.8, 4) is 0 Å². The summed E-state index contributed by atoms with van der Waals surface area (Å²) in [6, 6.07) is 28.3. The SMILES string of the molecule is Cc1ccc(SN2CCC3(CC2)OC(c2ccccc2)c2ccccc23)cc1. The van der Waals surface area contributed by atoms with Crippen LogP contribution in [0.3, 0.4) is 0 Å². The maximum Gasteiger partial charge on any atom is 0.109 e. The second-order valence-corrected chi connectivity index (χ2v) is 8.99. The zero-order chi connectivity index (χ0) is 19.0. The third-order valence-electron chi connectivity index (χ3n) is 5.97. The number of rotatable bonds is 3. The van der Waals surface area contributed by atoms with Crippen molar-refractivity contribution in [2.24, 2.45) is 0 Å². The number of ether oxygens (including phenoxy) is 1. The second kappa shape index (κ2) is 7.40. The van der Waals surface area contributed by atoms with E-state index in [-0.39, 0.29) is 11.7 Å². The van der Waals surface area contributed by atoms with Crippen LogP contribution in [-0.4, -0.2) is 17.4 Å². The molecule has 3 aromatic carbocycles. The summed E-state index contributed by atoms with van der Waals surface area (Å²) in [6.07, 6.45) is 2.12. The van der Waals surface area contributed by atoms with Crippen LogP contribution < -0.4 is 0 Å². The van der Waals surface area contributed by atoms with Crippen LogP contribution >= 0.6 is 11.9 Å². The molecule has 5 rings (SSSR count). The van der Waals surface area contributed by atoms with Crippen molar-refractivity contribution in [2.75, 3.05) is 13.1 Å². The zero-order valence-corrected chi connectivity index (χ0v) is 17.0.